The van der Waals surface area contributed by atoms with Crippen molar-refractivity contribution in [2.24, 2.45) is 11.3 Å². The lowest BCUT2D eigenvalue weighted by Crippen LogP contribution is -2.36. The number of hydrogen-bond acceptors (Lipinski definition) is 5. The Morgan fingerprint density at radius 3 is 2.83 bits per heavy atom. The normalized spacial score (nSPS) is 20.2. The second-order valence-corrected chi connectivity index (χ2v) is 8.48. The van der Waals surface area contributed by atoms with E-state index in [1.165, 1.54) is 12.8 Å². The van der Waals surface area contributed by atoms with Crippen LogP contribution in [0, 0.1) is 23.2 Å². The van der Waals surface area contributed by atoms with Gasteiger partial charge >= 0.3 is 0 Å². The smallest absolute Gasteiger partial charge is 0.277 e. The van der Waals surface area contributed by atoms with E-state index in [4.69, 9.17) is 21.1 Å². The van der Waals surface area contributed by atoms with E-state index in [2.05, 4.69) is 27.5 Å². The van der Waals surface area contributed by atoms with Crippen LogP contribution in [0.15, 0.2) is 24.4 Å². The van der Waals surface area contributed by atoms with Crippen molar-refractivity contribution in [3.8, 4) is 11.8 Å². The van der Waals surface area contributed by atoms with Gasteiger partial charge in [-0.25, -0.2) is 4.68 Å². The van der Waals surface area contributed by atoms with Crippen molar-refractivity contribution in [2.45, 2.75) is 38.5 Å². The SMILES string of the molecule is O=C(Nc1cc(C#CC2CC2)ccc1Cl)c1cn(CC2OCC3(CC3)CO2)nn1. The van der Waals surface area contributed by atoms with Gasteiger partial charge < -0.3 is 14.8 Å². The molecule has 3 fully saturated rings. The van der Waals surface area contributed by atoms with Gasteiger partial charge in [-0.2, -0.15) is 0 Å². The average Bonchev–Trinajstić information content (AvgIpc) is 3.65. The molecule has 0 unspecified atom stereocenters. The third-order valence-corrected chi connectivity index (χ3v) is 5.76. The number of ether oxygens (including phenoxy) is 2. The number of aromatic nitrogens is 3. The van der Waals surface area contributed by atoms with Gasteiger partial charge in [-0.3, -0.25) is 4.79 Å². The highest BCUT2D eigenvalue weighted by atomic mass is 35.5. The minimum Gasteiger partial charge on any atom is -0.350 e. The van der Waals surface area contributed by atoms with Gasteiger partial charge in [0.2, 0.25) is 0 Å². The molecule has 1 aromatic carbocycles. The molecule has 1 N–H and O–H groups in total. The summed E-state index contributed by atoms with van der Waals surface area (Å²) in [6, 6.07) is 5.35. The quantitative estimate of drug-likeness (QED) is 0.781. The van der Waals surface area contributed by atoms with Gasteiger partial charge in [-0.05, 0) is 43.9 Å². The highest BCUT2D eigenvalue weighted by Crippen LogP contribution is 2.48. The fourth-order valence-corrected chi connectivity index (χ4v) is 3.31. The molecule has 1 amide bonds. The Morgan fingerprint density at radius 2 is 2.10 bits per heavy atom. The minimum atomic E-state index is -0.382. The van der Waals surface area contributed by atoms with Crippen LogP contribution >= 0.6 is 11.6 Å². The van der Waals surface area contributed by atoms with Crippen LogP contribution in [0.5, 0.6) is 0 Å². The molecule has 150 valence electrons. The zero-order valence-electron chi connectivity index (χ0n) is 15.9. The van der Waals surface area contributed by atoms with E-state index in [1.54, 1.807) is 23.0 Å². The second-order valence-electron chi connectivity index (χ2n) is 8.07. The second kappa shape index (κ2) is 7.45. The number of carbonyl (C=O) groups excluding carboxylic acids is 1. The molecule has 2 aliphatic carbocycles. The molecule has 2 aromatic rings. The van der Waals surface area contributed by atoms with E-state index in [1.807, 2.05) is 6.07 Å². The van der Waals surface area contributed by atoms with Crippen molar-refractivity contribution < 1.29 is 14.3 Å². The van der Waals surface area contributed by atoms with Crippen molar-refractivity contribution in [3.05, 3.63) is 40.7 Å². The minimum absolute atomic E-state index is 0.199. The van der Waals surface area contributed by atoms with Gasteiger partial charge in [-0.15, -0.1) is 5.10 Å². The van der Waals surface area contributed by atoms with Crippen LogP contribution in [0.4, 0.5) is 5.69 Å². The van der Waals surface area contributed by atoms with Gasteiger partial charge in [0.1, 0.15) is 0 Å². The molecule has 2 saturated carbocycles. The number of benzene rings is 1. The molecule has 2 heterocycles. The molecule has 0 radical (unpaired) electrons. The zero-order chi connectivity index (χ0) is 19.8. The summed E-state index contributed by atoms with van der Waals surface area (Å²) in [6.07, 6.45) is 5.88. The number of amides is 1. The van der Waals surface area contributed by atoms with E-state index in [9.17, 15) is 4.79 Å². The van der Waals surface area contributed by atoms with Crippen LogP contribution in [0.1, 0.15) is 41.7 Å². The molecule has 5 rings (SSSR count). The number of hydrogen-bond donors (Lipinski definition) is 1. The first-order valence-corrected chi connectivity index (χ1v) is 10.2. The Morgan fingerprint density at radius 1 is 1.31 bits per heavy atom. The predicted molar refractivity (Wildman–Crippen MR) is 106 cm³/mol. The summed E-state index contributed by atoms with van der Waals surface area (Å²) < 4.78 is 13.1. The average molecular weight is 413 g/mol. The van der Waals surface area contributed by atoms with Crippen LogP contribution in [0.3, 0.4) is 0 Å². The van der Waals surface area contributed by atoms with E-state index >= 15 is 0 Å². The maximum absolute atomic E-state index is 12.6. The van der Waals surface area contributed by atoms with Gasteiger partial charge in [0.25, 0.3) is 5.91 Å². The summed E-state index contributed by atoms with van der Waals surface area (Å²) in [5, 5.41) is 11.2. The summed E-state index contributed by atoms with van der Waals surface area (Å²) in [4.78, 5) is 12.6. The Hall–Kier alpha value is -2.40. The molecule has 1 aromatic heterocycles. The highest BCUT2D eigenvalue weighted by Gasteiger charge is 2.47. The van der Waals surface area contributed by atoms with Crippen molar-refractivity contribution in [1.29, 1.82) is 0 Å². The van der Waals surface area contributed by atoms with Crippen LogP contribution in [-0.2, 0) is 16.0 Å². The molecule has 1 saturated heterocycles. The maximum Gasteiger partial charge on any atom is 0.277 e. The van der Waals surface area contributed by atoms with E-state index in [0.717, 1.165) is 31.6 Å². The number of anilines is 1. The lowest BCUT2D eigenvalue weighted by Gasteiger charge is -2.29. The molecule has 29 heavy (non-hydrogen) atoms. The molecule has 0 atom stereocenters. The summed E-state index contributed by atoms with van der Waals surface area (Å²) in [7, 11) is 0. The third kappa shape index (κ3) is 4.45. The molecule has 0 bridgehead atoms. The van der Waals surface area contributed by atoms with Gasteiger partial charge in [0, 0.05) is 16.9 Å². The number of rotatable bonds is 4. The number of halogens is 1. The van der Waals surface area contributed by atoms with E-state index in [-0.39, 0.29) is 23.3 Å². The summed E-state index contributed by atoms with van der Waals surface area (Å²) in [5.74, 6) is 6.45. The lowest BCUT2D eigenvalue weighted by molar-refractivity contribution is -0.213. The largest absolute Gasteiger partial charge is 0.350 e. The molecule has 1 aliphatic heterocycles. The first-order valence-electron chi connectivity index (χ1n) is 9.84. The number of carbonyl (C=O) groups is 1. The fraction of sp³-hybridized carbons (Fsp3) is 0.476. The molecule has 7 nitrogen and oxygen atoms in total. The molecule has 1 spiro atoms. The number of nitrogens with one attached hydrogen (secondary N) is 1. The highest BCUT2D eigenvalue weighted by molar-refractivity contribution is 6.34. The van der Waals surface area contributed by atoms with Crippen LogP contribution < -0.4 is 5.32 Å². The van der Waals surface area contributed by atoms with Crippen LogP contribution in [-0.4, -0.2) is 40.4 Å². The van der Waals surface area contributed by atoms with Gasteiger partial charge in [-0.1, -0.05) is 28.7 Å². The van der Waals surface area contributed by atoms with Crippen LogP contribution in [0.25, 0.3) is 0 Å². The van der Waals surface area contributed by atoms with E-state index in [0.29, 0.717) is 23.2 Å². The Balaban J connectivity index is 1.21. The summed E-state index contributed by atoms with van der Waals surface area (Å²) in [6.45, 7) is 1.83. The number of nitrogens with zero attached hydrogens (tertiary/aromatic N) is 3. The van der Waals surface area contributed by atoms with Crippen LogP contribution in [0.2, 0.25) is 5.02 Å². The zero-order valence-corrected chi connectivity index (χ0v) is 16.6. The molecule has 8 heteroatoms. The summed E-state index contributed by atoms with van der Waals surface area (Å²) in [5.41, 5.74) is 1.77. The third-order valence-electron chi connectivity index (χ3n) is 5.43. The molecular weight excluding hydrogens is 392 g/mol. The predicted octanol–water partition coefficient (Wildman–Crippen LogP) is 3.10. The lowest BCUT2D eigenvalue weighted by atomic mass is 10.1. The topological polar surface area (TPSA) is 78.3 Å². The van der Waals surface area contributed by atoms with E-state index < -0.39 is 0 Å². The van der Waals surface area contributed by atoms with Crippen molar-refractivity contribution in [2.75, 3.05) is 18.5 Å². The summed E-state index contributed by atoms with van der Waals surface area (Å²) >= 11 is 6.23. The first kappa shape index (κ1) is 18.6. The molecule has 3 aliphatic rings. The standard InChI is InChI=1S/C21H21ClN4O3/c22-16-6-5-15(4-3-14-1-2-14)9-17(16)23-20(27)18-10-26(25-24-18)11-19-28-12-21(7-8-21)13-29-19/h5-6,9-10,14,19H,1-2,7-8,11-13H2,(H,23,27). The van der Waals surface area contributed by atoms with Gasteiger partial charge in [0.05, 0.1) is 36.7 Å². The Kier molecular flexibility index (Phi) is 4.78. The monoisotopic (exact) mass is 412 g/mol. The molecular formula is C21H21ClN4O3. The van der Waals surface area contributed by atoms with Crippen molar-refractivity contribution >= 4 is 23.2 Å². The van der Waals surface area contributed by atoms with Gasteiger partial charge in [0.15, 0.2) is 12.0 Å². The maximum atomic E-state index is 12.6. The van der Waals surface area contributed by atoms with Crippen molar-refractivity contribution in [1.82, 2.24) is 15.0 Å². The fourth-order valence-electron chi connectivity index (χ4n) is 3.14. The Labute approximate surface area is 173 Å². The van der Waals surface area contributed by atoms with Crippen molar-refractivity contribution in [3.63, 3.8) is 0 Å². The first-order chi connectivity index (χ1) is 14.1. The Bertz CT molecular complexity index is 991.